The number of nitrogens with zero attached hydrogens (tertiary/aromatic N) is 4. The van der Waals surface area contributed by atoms with Crippen LogP contribution >= 0.6 is 0 Å². The number of benzene rings is 2. The van der Waals surface area contributed by atoms with Crippen LogP contribution in [0.15, 0.2) is 48.8 Å². The summed E-state index contributed by atoms with van der Waals surface area (Å²) >= 11 is 0. The number of anilines is 4. The third-order valence-corrected chi connectivity index (χ3v) is 5.78. The zero-order valence-electron chi connectivity index (χ0n) is 17.5. The highest BCUT2D eigenvalue weighted by Crippen LogP contribution is 2.33. The Morgan fingerprint density at radius 1 is 1.00 bits per heavy atom. The predicted octanol–water partition coefficient (Wildman–Crippen LogP) is 3.16. The summed E-state index contributed by atoms with van der Waals surface area (Å²) in [7, 11) is 0. The molecular weight excluding hydrogens is 392 g/mol. The van der Waals surface area contributed by atoms with Crippen LogP contribution in [0.25, 0.3) is 0 Å². The number of hydrogen-bond donors (Lipinski definition) is 2. The third kappa shape index (κ3) is 4.06. The van der Waals surface area contributed by atoms with Crippen molar-refractivity contribution in [2.75, 3.05) is 48.9 Å². The van der Waals surface area contributed by atoms with E-state index < -0.39 is 0 Å². The van der Waals surface area contributed by atoms with Gasteiger partial charge in [0.1, 0.15) is 12.0 Å². The van der Waals surface area contributed by atoms with Gasteiger partial charge in [-0.15, -0.1) is 0 Å². The Hall–Kier alpha value is -3.52. The second-order valence-corrected chi connectivity index (χ2v) is 7.85. The summed E-state index contributed by atoms with van der Waals surface area (Å²) in [6.07, 6.45) is 1.57. The molecule has 0 bridgehead atoms. The fourth-order valence-corrected chi connectivity index (χ4v) is 3.99. The average molecular weight is 419 g/mol. The van der Waals surface area contributed by atoms with Gasteiger partial charge in [-0.1, -0.05) is 24.3 Å². The van der Waals surface area contributed by atoms with E-state index in [0.29, 0.717) is 18.3 Å². The Kier molecular flexibility index (Phi) is 5.21. The monoisotopic (exact) mass is 418 g/mol. The summed E-state index contributed by atoms with van der Waals surface area (Å²) < 4.78 is 10.9. The molecule has 2 aliphatic heterocycles. The van der Waals surface area contributed by atoms with Crippen molar-refractivity contribution in [1.82, 2.24) is 14.9 Å². The molecule has 160 valence electrons. The number of aryl methyl sites for hydroxylation is 1. The van der Waals surface area contributed by atoms with Gasteiger partial charge in [0.05, 0.1) is 0 Å². The van der Waals surface area contributed by atoms with Crippen LogP contribution < -0.4 is 25.4 Å². The molecule has 8 nitrogen and oxygen atoms in total. The second-order valence-electron chi connectivity index (χ2n) is 7.85. The smallest absolute Gasteiger partial charge is 0.231 e. The maximum Gasteiger partial charge on any atom is 0.231 e. The molecule has 1 saturated heterocycles. The standard InChI is InChI=1S/C23H26N6O2/c1-16-4-2-3-5-18(16)27-22-21(24)23(26-14-25-22)29-10-8-28(9-11-29)13-17-6-7-19-20(12-17)31-15-30-19/h2-7,12,14H,8-11,13,15,24H2,1H3,(H,25,26,27). The van der Waals surface area contributed by atoms with Crippen molar-refractivity contribution in [3.8, 4) is 11.5 Å². The molecule has 3 N–H and O–H groups in total. The van der Waals surface area contributed by atoms with E-state index in [4.69, 9.17) is 15.2 Å². The number of aromatic nitrogens is 2. The van der Waals surface area contributed by atoms with E-state index in [9.17, 15) is 0 Å². The van der Waals surface area contributed by atoms with Crippen molar-refractivity contribution < 1.29 is 9.47 Å². The van der Waals surface area contributed by atoms with Crippen LogP contribution in [0.3, 0.4) is 0 Å². The number of piperazine rings is 1. The molecule has 0 radical (unpaired) electrons. The number of nitrogens with one attached hydrogen (secondary N) is 1. The van der Waals surface area contributed by atoms with Gasteiger partial charge in [0.2, 0.25) is 6.79 Å². The first-order valence-corrected chi connectivity index (χ1v) is 10.5. The Morgan fingerprint density at radius 3 is 2.65 bits per heavy atom. The summed E-state index contributed by atoms with van der Waals surface area (Å²) in [6, 6.07) is 14.2. The van der Waals surface area contributed by atoms with Crippen LogP contribution in [-0.2, 0) is 6.54 Å². The molecule has 0 amide bonds. The largest absolute Gasteiger partial charge is 0.454 e. The lowest BCUT2D eigenvalue weighted by atomic mass is 10.1. The van der Waals surface area contributed by atoms with Gasteiger partial charge >= 0.3 is 0 Å². The summed E-state index contributed by atoms with van der Waals surface area (Å²) in [6.45, 7) is 6.81. The maximum absolute atomic E-state index is 6.45. The molecule has 0 saturated carbocycles. The third-order valence-electron chi connectivity index (χ3n) is 5.78. The Labute approximate surface area is 181 Å². The van der Waals surface area contributed by atoms with Crippen molar-refractivity contribution in [3.05, 3.63) is 59.9 Å². The average Bonchev–Trinajstić information content (AvgIpc) is 3.25. The second kappa shape index (κ2) is 8.31. The molecule has 1 fully saturated rings. The van der Waals surface area contributed by atoms with Crippen LogP contribution in [0.5, 0.6) is 11.5 Å². The first-order valence-electron chi connectivity index (χ1n) is 10.5. The van der Waals surface area contributed by atoms with Crippen LogP contribution in [0.4, 0.5) is 23.0 Å². The van der Waals surface area contributed by atoms with Crippen molar-refractivity contribution in [1.29, 1.82) is 0 Å². The lowest BCUT2D eigenvalue weighted by Crippen LogP contribution is -2.46. The van der Waals surface area contributed by atoms with E-state index in [1.807, 2.05) is 24.3 Å². The molecule has 2 aromatic carbocycles. The Morgan fingerprint density at radius 2 is 1.81 bits per heavy atom. The van der Waals surface area contributed by atoms with Crippen LogP contribution in [0, 0.1) is 6.92 Å². The van der Waals surface area contributed by atoms with Gasteiger partial charge in [0.15, 0.2) is 23.1 Å². The molecule has 0 aliphatic carbocycles. The van der Waals surface area contributed by atoms with E-state index in [-0.39, 0.29) is 0 Å². The normalized spacial score (nSPS) is 15.8. The summed E-state index contributed by atoms with van der Waals surface area (Å²) in [4.78, 5) is 13.5. The van der Waals surface area contributed by atoms with Gasteiger partial charge < -0.3 is 25.4 Å². The van der Waals surface area contributed by atoms with Crippen LogP contribution in [0.2, 0.25) is 0 Å². The topological polar surface area (TPSA) is 88.8 Å². The first kappa shape index (κ1) is 19.4. The molecule has 5 rings (SSSR count). The lowest BCUT2D eigenvalue weighted by Gasteiger charge is -2.36. The quantitative estimate of drug-likeness (QED) is 0.653. The zero-order chi connectivity index (χ0) is 21.2. The SMILES string of the molecule is Cc1ccccc1Nc1ncnc(N2CCN(Cc3ccc4c(c3)OCO4)CC2)c1N. The lowest BCUT2D eigenvalue weighted by molar-refractivity contribution is 0.174. The molecule has 0 unspecified atom stereocenters. The highest BCUT2D eigenvalue weighted by atomic mass is 16.7. The van der Waals surface area contributed by atoms with Gasteiger partial charge in [-0.05, 0) is 36.2 Å². The van der Waals surface area contributed by atoms with Gasteiger partial charge in [-0.2, -0.15) is 0 Å². The molecular formula is C23H26N6O2. The van der Waals surface area contributed by atoms with E-state index in [0.717, 1.165) is 61.3 Å². The van der Waals surface area contributed by atoms with Crippen molar-refractivity contribution in [3.63, 3.8) is 0 Å². The number of fused-ring (bicyclic) bond motifs is 1. The molecule has 31 heavy (non-hydrogen) atoms. The molecule has 1 aromatic heterocycles. The van der Waals surface area contributed by atoms with Crippen molar-refractivity contribution >= 4 is 23.0 Å². The van der Waals surface area contributed by atoms with Gasteiger partial charge in [-0.3, -0.25) is 4.90 Å². The minimum Gasteiger partial charge on any atom is -0.454 e. The Balaban J connectivity index is 1.24. The van der Waals surface area contributed by atoms with E-state index in [1.165, 1.54) is 5.56 Å². The summed E-state index contributed by atoms with van der Waals surface area (Å²) in [5.74, 6) is 3.08. The first-order chi connectivity index (χ1) is 15.2. The van der Waals surface area contributed by atoms with Crippen LogP contribution in [0.1, 0.15) is 11.1 Å². The van der Waals surface area contributed by atoms with Crippen molar-refractivity contribution in [2.24, 2.45) is 0 Å². The number of ether oxygens (including phenoxy) is 2. The summed E-state index contributed by atoms with van der Waals surface area (Å²) in [5.41, 5.74) is 10.4. The highest BCUT2D eigenvalue weighted by Gasteiger charge is 2.22. The fraction of sp³-hybridized carbons (Fsp3) is 0.304. The minimum absolute atomic E-state index is 0.304. The minimum atomic E-state index is 0.304. The molecule has 8 heteroatoms. The summed E-state index contributed by atoms with van der Waals surface area (Å²) in [5, 5.41) is 3.35. The van der Waals surface area contributed by atoms with Gasteiger partial charge in [-0.25, -0.2) is 9.97 Å². The molecule has 3 heterocycles. The van der Waals surface area contributed by atoms with E-state index in [1.54, 1.807) is 6.33 Å². The molecule has 3 aromatic rings. The van der Waals surface area contributed by atoms with Crippen LogP contribution in [-0.4, -0.2) is 47.8 Å². The maximum atomic E-state index is 6.45. The molecule has 2 aliphatic rings. The van der Waals surface area contributed by atoms with Crippen molar-refractivity contribution in [2.45, 2.75) is 13.5 Å². The number of nitrogen functional groups attached to an aromatic ring is 1. The number of nitrogens with two attached hydrogens (primary N) is 1. The number of rotatable bonds is 5. The zero-order valence-corrected chi connectivity index (χ0v) is 17.5. The van der Waals surface area contributed by atoms with Gasteiger partial charge in [0.25, 0.3) is 0 Å². The highest BCUT2D eigenvalue weighted by molar-refractivity contribution is 5.79. The Bertz CT molecular complexity index is 1080. The predicted molar refractivity (Wildman–Crippen MR) is 121 cm³/mol. The number of para-hydroxylation sites is 1. The fourth-order valence-electron chi connectivity index (χ4n) is 3.99. The molecule has 0 spiro atoms. The van der Waals surface area contributed by atoms with Gasteiger partial charge in [0, 0.05) is 38.4 Å². The van der Waals surface area contributed by atoms with E-state index in [2.05, 4.69) is 50.2 Å². The molecule has 0 atom stereocenters. The van der Waals surface area contributed by atoms with E-state index >= 15 is 0 Å². The number of hydrogen-bond acceptors (Lipinski definition) is 8.